The molecule has 0 radical (unpaired) electrons. The Labute approximate surface area is 255 Å². The Bertz CT molecular complexity index is 1990. The third-order valence-electron chi connectivity index (χ3n) is 10.4. The summed E-state index contributed by atoms with van der Waals surface area (Å²) in [5.41, 5.74) is 1.79. The molecular formula is C32H30FN5O7. The van der Waals surface area contributed by atoms with E-state index in [2.05, 4.69) is 10.6 Å². The van der Waals surface area contributed by atoms with Crippen molar-refractivity contribution in [3.63, 3.8) is 0 Å². The second-order valence-electron chi connectivity index (χ2n) is 12.5. The van der Waals surface area contributed by atoms with Crippen LogP contribution in [0, 0.1) is 12.7 Å². The van der Waals surface area contributed by atoms with E-state index < -0.39 is 41.1 Å². The number of benzene rings is 1. The number of aliphatic hydroxyl groups is 1. The second kappa shape index (κ2) is 9.43. The Balaban J connectivity index is 1.27. The molecule has 1 aromatic carbocycles. The molecule has 3 N–H and O–H groups in total. The number of hydrogen-bond donors (Lipinski definition) is 3. The summed E-state index contributed by atoms with van der Waals surface area (Å²) in [6, 6.07) is 0.936. The monoisotopic (exact) mass is 615 g/mol. The zero-order valence-electron chi connectivity index (χ0n) is 24.7. The van der Waals surface area contributed by atoms with E-state index in [4.69, 9.17) is 9.72 Å². The molecule has 0 bridgehead atoms. The van der Waals surface area contributed by atoms with E-state index in [1.165, 1.54) is 15.5 Å². The van der Waals surface area contributed by atoms with Crippen LogP contribution in [0.2, 0.25) is 0 Å². The summed E-state index contributed by atoms with van der Waals surface area (Å²) in [6.45, 7) is 3.03. The van der Waals surface area contributed by atoms with Crippen LogP contribution in [-0.2, 0) is 49.1 Å². The maximum atomic E-state index is 15.2. The van der Waals surface area contributed by atoms with Gasteiger partial charge in [-0.05, 0) is 61.8 Å². The van der Waals surface area contributed by atoms with Gasteiger partial charge in [0.15, 0.2) is 5.60 Å². The average molecular weight is 616 g/mol. The highest BCUT2D eigenvalue weighted by atomic mass is 19.1. The molecule has 0 saturated carbocycles. The summed E-state index contributed by atoms with van der Waals surface area (Å²) in [7, 11) is 0. The maximum absolute atomic E-state index is 15.2. The molecule has 3 aromatic rings. The smallest absolute Gasteiger partial charge is 0.343 e. The molecule has 45 heavy (non-hydrogen) atoms. The number of hydrogen-bond acceptors (Lipinski definition) is 8. The van der Waals surface area contributed by atoms with Gasteiger partial charge in [0.05, 0.1) is 41.6 Å². The van der Waals surface area contributed by atoms with Crippen molar-refractivity contribution in [2.45, 2.75) is 82.8 Å². The zero-order valence-corrected chi connectivity index (χ0v) is 24.7. The number of ether oxygens (including phenoxy) is 1. The minimum absolute atomic E-state index is 0.00383. The first-order valence-corrected chi connectivity index (χ1v) is 15.2. The van der Waals surface area contributed by atoms with Crippen molar-refractivity contribution in [1.29, 1.82) is 0 Å². The third-order valence-corrected chi connectivity index (χ3v) is 10.4. The SMILES string of the molecule is CC[C@@]1(O)C(=O)OCc2c1cc1n(c2=O)Cc2c-1nc1cc(F)c(C)c3c1c2[C@@H](NC(=O)C1CCC2C(=O)NCC(=O)N21)CC3. The summed E-state index contributed by atoms with van der Waals surface area (Å²) in [5.74, 6) is -2.20. The van der Waals surface area contributed by atoms with Gasteiger partial charge in [0.25, 0.3) is 5.56 Å². The highest BCUT2D eigenvalue weighted by molar-refractivity contribution is 5.99. The Morgan fingerprint density at radius 2 is 1.98 bits per heavy atom. The van der Waals surface area contributed by atoms with Crippen LogP contribution >= 0.6 is 0 Å². The fourth-order valence-corrected chi connectivity index (χ4v) is 8.01. The molecule has 4 aliphatic heterocycles. The molecule has 12 nitrogen and oxygen atoms in total. The molecule has 4 atom stereocenters. The van der Waals surface area contributed by atoms with E-state index in [-0.39, 0.29) is 55.0 Å². The molecule has 1 aliphatic carbocycles. The maximum Gasteiger partial charge on any atom is 0.343 e. The van der Waals surface area contributed by atoms with Crippen LogP contribution in [0.15, 0.2) is 16.9 Å². The quantitative estimate of drug-likeness (QED) is 0.289. The van der Waals surface area contributed by atoms with Crippen LogP contribution in [0.4, 0.5) is 4.39 Å². The fraction of sp³-hybridized carbons (Fsp3) is 0.438. The van der Waals surface area contributed by atoms with E-state index >= 15 is 4.39 Å². The van der Waals surface area contributed by atoms with Crippen molar-refractivity contribution in [1.82, 2.24) is 25.1 Å². The molecule has 2 fully saturated rings. The van der Waals surface area contributed by atoms with Crippen LogP contribution in [0.5, 0.6) is 0 Å². The van der Waals surface area contributed by atoms with Crippen molar-refractivity contribution in [2.24, 2.45) is 0 Å². The van der Waals surface area contributed by atoms with Crippen LogP contribution in [0.3, 0.4) is 0 Å². The molecule has 0 spiro atoms. The van der Waals surface area contributed by atoms with Gasteiger partial charge in [-0.2, -0.15) is 0 Å². The number of aryl methyl sites for hydroxylation is 1. The van der Waals surface area contributed by atoms with E-state index in [1.54, 1.807) is 19.9 Å². The van der Waals surface area contributed by atoms with Gasteiger partial charge < -0.3 is 29.9 Å². The van der Waals surface area contributed by atoms with Gasteiger partial charge in [-0.3, -0.25) is 19.2 Å². The predicted molar refractivity (Wildman–Crippen MR) is 155 cm³/mol. The number of nitrogens with one attached hydrogen (secondary N) is 2. The number of fused-ring (bicyclic) bond motifs is 6. The van der Waals surface area contributed by atoms with Crippen molar-refractivity contribution >= 4 is 34.6 Å². The summed E-state index contributed by atoms with van der Waals surface area (Å²) in [6.07, 6.45) is 1.65. The number of piperazine rings is 1. The first kappa shape index (κ1) is 27.9. The molecule has 13 heteroatoms. The standard InChI is InChI=1S/C32H30FN5O7/c1-3-32(44)17-8-23-27-15(11-37(23)30(42)16(17)12-45-31(32)43)26-19(5-4-14-13(2)18(33)9-20(35-27)25(14)26)36-29(41)22-7-6-21-28(40)34-10-24(39)38(21)22/h8-9,19,21-22,44H,3-7,10-12H2,1-2H3,(H,34,40)(H,36,41)/t19-,21?,22?,32-/m0/s1. The highest BCUT2D eigenvalue weighted by Crippen LogP contribution is 2.46. The average Bonchev–Trinajstić information content (AvgIpc) is 3.64. The predicted octanol–water partition coefficient (Wildman–Crippen LogP) is 1.12. The number of rotatable bonds is 3. The lowest BCUT2D eigenvalue weighted by Crippen LogP contribution is -2.60. The molecule has 3 amide bonds. The van der Waals surface area contributed by atoms with Crippen molar-refractivity contribution in [3.05, 3.63) is 61.7 Å². The minimum atomic E-state index is -2.00. The van der Waals surface area contributed by atoms with Gasteiger partial charge in [-0.25, -0.2) is 14.2 Å². The number of pyridine rings is 2. The lowest BCUT2D eigenvalue weighted by molar-refractivity contribution is -0.172. The third kappa shape index (κ3) is 3.67. The number of halogens is 1. The van der Waals surface area contributed by atoms with Crippen LogP contribution in [0.1, 0.15) is 72.0 Å². The highest BCUT2D eigenvalue weighted by Gasteiger charge is 2.48. The zero-order chi connectivity index (χ0) is 31.5. The van der Waals surface area contributed by atoms with Crippen molar-refractivity contribution in [3.8, 4) is 11.4 Å². The number of nitrogens with zero attached hydrogens (tertiary/aromatic N) is 3. The number of aromatic nitrogens is 2. The van der Waals surface area contributed by atoms with Gasteiger partial charge in [-0.15, -0.1) is 0 Å². The minimum Gasteiger partial charge on any atom is -0.458 e. The van der Waals surface area contributed by atoms with Crippen LogP contribution < -0.4 is 16.2 Å². The van der Waals surface area contributed by atoms with Gasteiger partial charge in [0.1, 0.15) is 24.5 Å². The van der Waals surface area contributed by atoms with E-state index in [0.717, 1.165) is 16.5 Å². The summed E-state index contributed by atoms with van der Waals surface area (Å²) >= 11 is 0. The number of amides is 3. The topological polar surface area (TPSA) is 160 Å². The Kier molecular flexibility index (Phi) is 5.84. The molecule has 6 heterocycles. The summed E-state index contributed by atoms with van der Waals surface area (Å²) in [5, 5.41) is 17.7. The molecule has 5 aliphatic rings. The van der Waals surface area contributed by atoms with E-state index in [1.807, 2.05) is 0 Å². The molecular weight excluding hydrogens is 585 g/mol. The normalized spacial score (nSPS) is 26.2. The Morgan fingerprint density at radius 3 is 2.76 bits per heavy atom. The molecule has 2 saturated heterocycles. The molecule has 8 rings (SSSR count). The van der Waals surface area contributed by atoms with Crippen molar-refractivity contribution < 1.29 is 33.4 Å². The first-order valence-electron chi connectivity index (χ1n) is 15.2. The summed E-state index contributed by atoms with van der Waals surface area (Å²) in [4.78, 5) is 71.6. The van der Waals surface area contributed by atoms with Crippen LogP contribution in [0.25, 0.3) is 22.3 Å². The van der Waals surface area contributed by atoms with Gasteiger partial charge in [0.2, 0.25) is 17.7 Å². The lowest BCUT2D eigenvalue weighted by Gasteiger charge is -2.35. The Hall–Kier alpha value is -4.65. The Morgan fingerprint density at radius 1 is 1.18 bits per heavy atom. The molecule has 2 aromatic heterocycles. The van der Waals surface area contributed by atoms with E-state index in [9.17, 15) is 29.1 Å². The van der Waals surface area contributed by atoms with Crippen LogP contribution in [-0.4, -0.2) is 61.9 Å². The van der Waals surface area contributed by atoms with E-state index in [0.29, 0.717) is 53.7 Å². The number of cyclic esters (lactones) is 1. The largest absolute Gasteiger partial charge is 0.458 e. The van der Waals surface area contributed by atoms with Gasteiger partial charge >= 0.3 is 5.97 Å². The molecule has 232 valence electrons. The van der Waals surface area contributed by atoms with Gasteiger partial charge in [0, 0.05) is 22.6 Å². The number of carbonyl (C=O) groups excluding carboxylic acids is 4. The fourth-order valence-electron chi connectivity index (χ4n) is 8.01. The number of carbonyl (C=O) groups is 4. The summed E-state index contributed by atoms with van der Waals surface area (Å²) < 4.78 is 21.9. The van der Waals surface area contributed by atoms with Gasteiger partial charge in [-0.1, -0.05) is 6.92 Å². The number of esters is 1. The van der Waals surface area contributed by atoms with Crippen molar-refractivity contribution in [2.75, 3.05) is 6.54 Å². The molecule has 2 unspecified atom stereocenters. The first-order chi connectivity index (χ1) is 21.5. The lowest BCUT2D eigenvalue weighted by atomic mass is 9.81. The second-order valence-corrected chi connectivity index (χ2v) is 12.5.